The summed E-state index contributed by atoms with van der Waals surface area (Å²) in [6.07, 6.45) is 1.56. The van der Waals surface area contributed by atoms with E-state index in [1.165, 1.54) is 5.56 Å². The molecule has 1 aromatic heterocycles. The average Bonchev–Trinajstić information content (AvgIpc) is 2.74. The van der Waals surface area contributed by atoms with E-state index in [0.717, 1.165) is 16.8 Å². The first-order valence-electron chi connectivity index (χ1n) is 9.16. The maximum absolute atomic E-state index is 12.5. The van der Waals surface area contributed by atoms with Crippen LogP contribution in [0.2, 0.25) is 0 Å². The number of carbonyl (C=O) groups excluding carboxylic acids is 1. The lowest BCUT2D eigenvalue weighted by Crippen LogP contribution is -2.24. The van der Waals surface area contributed by atoms with Gasteiger partial charge in [0.25, 0.3) is 5.91 Å². The number of rotatable bonds is 7. The zero-order chi connectivity index (χ0) is 20.8. The summed E-state index contributed by atoms with van der Waals surface area (Å²) in [5.74, 6) is 1.34. The minimum Gasteiger partial charge on any atom is -0.493 e. The summed E-state index contributed by atoms with van der Waals surface area (Å²) in [6.45, 7) is 4.38. The van der Waals surface area contributed by atoms with Crippen LogP contribution in [0.25, 0.3) is 0 Å². The maximum Gasteiger partial charge on any atom is 0.270 e. The molecule has 0 radical (unpaired) electrons. The quantitative estimate of drug-likeness (QED) is 0.636. The summed E-state index contributed by atoms with van der Waals surface area (Å²) in [5, 5.41) is 6.02. The van der Waals surface area contributed by atoms with Crippen molar-refractivity contribution in [2.24, 2.45) is 0 Å². The highest BCUT2D eigenvalue weighted by molar-refractivity contribution is 5.92. The van der Waals surface area contributed by atoms with Crippen LogP contribution < -0.4 is 20.1 Å². The Balaban J connectivity index is 1.68. The standard InChI is InChI=1S/C22H24N4O3/c1-14-5-7-17(15(2)11-14)25-22-23-10-9-18(26-22)21(27)24-13-16-6-8-19(28-3)20(12-16)29-4/h5-12H,13H2,1-4H3,(H,24,27)(H,23,25,26). The minimum atomic E-state index is -0.286. The van der Waals surface area contributed by atoms with E-state index < -0.39 is 0 Å². The van der Waals surface area contributed by atoms with Gasteiger partial charge in [0, 0.05) is 18.4 Å². The summed E-state index contributed by atoms with van der Waals surface area (Å²) in [6, 6.07) is 13.1. The van der Waals surface area contributed by atoms with Crippen LogP contribution in [0.15, 0.2) is 48.7 Å². The van der Waals surface area contributed by atoms with Crippen molar-refractivity contribution >= 4 is 17.5 Å². The van der Waals surface area contributed by atoms with E-state index in [-0.39, 0.29) is 11.6 Å². The van der Waals surface area contributed by atoms with Crippen LogP contribution in [0.3, 0.4) is 0 Å². The van der Waals surface area contributed by atoms with Crippen molar-refractivity contribution in [3.63, 3.8) is 0 Å². The summed E-state index contributed by atoms with van der Waals surface area (Å²) in [5.41, 5.74) is 4.33. The Morgan fingerprint density at radius 2 is 1.79 bits per heavy atom. The highest BCUT2D eigenvalue weighted by Gasteiger charge is 2.11. The van der Waals surface area contributed by atoms with Gasteiger partial charge in [0.2, 0.25) is 5.95 Å². The number of hydrogen-bond acceptors (Lipinski definition) is 6. The number of nitrogens with one attached hydrogen (secondary N) is 2. The van der Waals surface area contributed by atoms with E-state index in [1.807, 2.05) is 38.1 Å². The number of nitrogens with zero attached hydrogens (tertiary/aromatic N) is 2. The van der Waals surface area contributed by atoms with Crippen LogP contribution in [0, 0.1) is 13.8 Å². The molecule has 0 spiro atoms. The first kappa shape index (κ1) is 20.1. The summed E-state index contributed by atoms with van der Waals surface area (Å²) in [7, 11) is 3.16. The fraction of sp³-hybridized carbons (Fsp3) is 0.227. The first-order chi connectivity index (χ1) is 14.0. The van der Waals surface area contributed by atoms with Crippen molar-refractivity contribution in [1.82, 2.24) is 15.3 Å². The molecule has 0 aliphatic heterocycles. The van der Waals surface area contributed by atoms with Crippen molar-refractivity contribution in [1.29, 1.82) is 0 Å². The van der Waals surface area contributed by atoms with E-state index in [1.54, 1.807) is 32.5 Å². The predicted octanol–water partition coefficient (Wildman–Crippen LogP) is 3.78. The van der Waals surface area contributed by atoms with Gasteiger partial charge in [-0.05, 0) is 49.2 Å². The van der Waals surface area contributed by atoms with Crippen LogP contribution in [0.5, 0.6) is 11.5 Å². The van der Waals surface area contributed by atoms with E-state index in [4.69, 9.17) is 9.47 Å². The number of amides is 1. The summed E-state index contributed by atoms with van der Waals surface area (Å²) >= 11 is 0. The lowest BCUT2D eigenvalue weighted by Gasteiger charge is -2.11. The molecule has 2 aromatic carbocycles. The van der Waals surface area contributed by atoms with Gasteiger partial charge in [-0.3, -0.25) is 4.79 Å². The van der Waals surface area contributed by atoms with Gasteiger partial charge in [-0.2, -0.15) is 0 Å². The minimum absolute atomic E-state index is 0.285. The van der Waals surface area contributed by atoms with Gasteiger partial charge in [-0.25, -0.2) is 9.97 Å². The van der Waals surface area contributed by atoms with Gasteiger partial charge in [0.1, 0.15) is 5.69 Å². The molecule has 0 saturated heterocycles. The van der Waals surface area contributed by atoms with Crippen LogP contribution >= 0.6 is 0 Å². The largest absolute Gasteiger partial charge is 0.493 e. The van der Waals surface area contributed by atoms with Crippen LogP contribution in [0.1, 0.15) is 27.2 Å². The highest BCUT2D eigenvalue weighted by atomic mass is 16.5. The van der Waals surface area contributed by atoms with Crippen molar-refractivity contribution in [3.05, 3.63) is 71.0 Å². The zero-order valence-corrected chi connectivity index (χ0v) is 16.9. The SMILES string of the molecule is COc1ccc(CNC(=O)c2ccnc(Nc3ccc(C)cc3C)n2)cc1OC. The van der Waals surface area contributed by atoms with Crippen LogP contribution in [-0.2, 0) is 6.54 Å². The average molecular weight is 392 g/mol. The van der Waals surface area contributed by atoms with E-state index >= 15 is 0 Å². The predicted molar refractivity (Wildman–Crippen MR) is 112 cm³/mol. The Bertz CT molecular complexity index is 1020. The van der Waals surface area contributed by atoms with E-state index in [0.29, 0.717) is 24.0 Å². The second-order valence-corrected chi connectivity index (χ2v) is 6.58. The fourth-order valence-electron chi connectivity index (χ4n) is 2.88. The number of anilines is 2. The van der Waals surface area contributed by atoms with Gasteiger partial charge in [-0.15, -0.1) is 0 Å². The van der Waals surface area contributed by atoms with Gasteiger partial charge in [0.15, 0.2) is 11.5 Å². The number of benzene rings is 2. The molecule has 29 heavy (non-hydrogen) atoms. The second-order valence-electron chi connectivity index (χ2n) is 6.58. The first-order valence-corrected chi connectivity index (χ1v) is 9.16. The normalized spacial score (nSPS) is 10.3. The Morgan fingerprint density at radius 1 is 1.00 bits per heavy atom. The monoisotopic (exact) mass is 392 g/mol. The molecule has 0 aliphatic rings. The molecule has 150 valence electrons. The van der Waals surface area contributed by atoms with Gasteiger partial charge in [-0.1, -0.05) is 23.8 Å². The third kappa shape index (κ3) is 5.01. The molecule has 3 aromatic rings. The number of methoxy groups -OCH3 is 2. The molecule has 0 aliphatic carbocycles. The van der Waals surface area contributed by atoms with Gasteiger partial charge < -0.3 is 20.1 Å². The maximum atomic E-state index is 12.5. The third-order valence-corrected chi connectivity index (χ3v) is 4.42. The molecule has 0 bridgehead atoms. The smallest absolute Gasteiger partial charge is 0.270 e. The number of aryl methyl sites for hydroxylation is 2. The molecule has 1 amide bonds. The van der Waals surface area contributed by atoms with Crippen molar-refractivity contribution in [3.8, 4) is 11.5 Å². The lowest BCUT2D eigenvalue weighted by atomic mass is 10.1. The molecule has 2 N–H and O–H groups in total. The Kier molecular flexibility index (Phi) is 6.29. The molecular formula is C22H24N4O3. The van der Waals surface area contributed by atoms with Gasteiger partial charge in [0.05, 0.1) is 14.2 Å². The summed E-state index contributed by atoms with van der Waals surface area (Å²) in [4.78, 5) is 21.1. The number of carbonyl (C=O) groups is 1. The van der Waals surface area contributed by atoms with E-state index in [2.05, 4.69) is 26.7 Å². The molecule has 7 nitrogen and oxygen atoms in total. The van der Waals surface area contributed by atoms with Crippen molar-refractivity contribution < 1.29 is 14.3 Å². The van der Waals surface area contributed by atoms with Gasteiger partial charge >= 0.3 is 0 Å². The highest BCUT2D eigenvalue weighted by Crippen LogP contribution is 2.27. The molecule has 0 unspecified atom stereocenters. The van der Waals surface area contributed by atoms with Crippen LogP contribution in [0.4, 0.5) is 11.6 Å². The number of hydrogen-bond donors (Lipinski definition) is 2. The second kappa shape index (κ2) is 9.05. The third-order valence-electron chi connectivity index (χ3n) is 4.42. The molecular weight excluding hydrogens is 368 g/mol. The molecule has 0 atom stereocenters. The van der Waals surface area contributed by atoms with Crippen molar-refractivity contribution in [2.75, 3.05) is 19.5 Å². The zero-order valence-electron chi connectivity index (χ0n) is 16.9. The molecule has 3 rings (SSSR count). The molecule has 0 fully saturated rings. The lowest BCUT2D eigenvalue weighted by molar-refractivity contribution is 0.0946. The fourth-order valence-corrected chi connectivity index (χ4v) is 2.88. The topological polar surface area (TPSA) is 85.4 Å². The molecule has 0 saturated carbocycles. The Morgan fingerprint density at radius 3 is 2.52 bits per heavy atom. The van der Waals surface area contributed by atoms with Crippen molar-refractivity contribution in [2.45, 2.75) is 20.4 Å². The van der Waals surface area contributed by atoms with Crippen LogP contribution in [-0.4, -0.2) is 30.1 Å². The molecule has 7 heteroatoms. The molecule has 1 heterocycles. The Labute approximate surface area is 170 Å². The van der Waals surface area contributed by atoms with E-state index in [9.17, 15) is 4.79 Å². The number of ether oxygens (including phenoxy) is 2. The Hall–Kier alpha value is -3.61. The number of aromatic nitrogens is 2. The summed E-state index contributed by atoms with van der Waals surface area (Å²) < 4.78 is 10.5.